The summed E-state index contributed by atoms with van der Waals surface area (Å²) in [5.74, 6) is 6.82. The molecule has 3 rings (SSSR count). The number of ether oxygens (including phenoxy) is 2. The molecule has 2 aromatic rings. The molecule has 2 N–H and O–H groups in total. The number of benzene rings is 1. The van der Waals surface area contributed by atoms with Gasteiger partial charge in [-0.3, -0.25) is 4.79 Å². The lowest BCUT2D eigenvalue weighted by Crippen LogP contribution is -2.37. The van der Waals surface area contributed by atoms with Crippen molar-refractivity contribution in [2.24, 2.45) is 0 Å². The van der Waals surface area contributed by atoms with Crippen molar-refractivity contribution in [3.05, 3.63) is 35.3 Å². The van der Waals surface area contributed by atoms with Crippen LogP contribution >= 0.6 is 11.3 Å². The minimum atomic E-state index is -0.424. The van der Waals surface area contributed by atoms with Crippen molar-refractivity contribution >= 4 is 23.3 Å². The number of nitrogens with one attached hydrogen (secondary N) is 2. The molecule has 1 saturated carbocycles. The Balaban J connectivity index is 1.49. The zero-order valence-corrected chi connectivity index (χ0v) is 17.9. The predicted molar refractivity (Wildman–Crippen MR) is 115 cm³/mol. The van der Waals surface area contributed by atoms with E-state index in [2.05, 4.69) is 27.5 Å². The lowest BCUT2D eigenvalue weighted by atomic mass is 9.96. The second-order valence-corrected chi connectivity index (χ2v) is 8.12. The Bertz CT molecular complexity index is 924. The SMILES string of the molecule is CC(=O)NC(C)C#Cc1cnc(Oc2ccc(OC(=O)NC3CCCCC3)cc2)s1. The number of carbonyl (C=O) groups is 2. The van der Waals surface area contributed by atoms with E-state index < -0.39 is 6.09 Å². The summed E-state index contributed by atoms with van der Waals surface area (Å²) in [6.45, 7) is 3.27. The second-order valence-electron chi connectivity index (χ2n) is 7.12. The van der Waals surface area contributed by atoms with E-state index in [1.54, 1.807) is 30.5 Å². The molecule has 1 unspecified atom stereocenters. The Hall–Kier alpha value is -3.05. The summed E-state index contributed by atoms with van der Waals surface area (Å²) in [7, 11) is 0. The average molecular weight is 428 g/mol. The van der Waals surface area contributed by atoms with Crippen LogP contribution in [0.15, 0.2) is 30.5 Å². The van der Waals surface area contributed by atoms with Crippen LogP contribution in [0.4, 0.5) is 4.79 Å². The monoisotopic (exact) mass is 427 g/mol. The van der Waals surface area contributed by atoms with Crippen LogP contribution in [-0.2, 0) is 4.79 Å². The first kappa shape index (κ1) is 21.7. The van der Waals surface area contributed by atoms with E-state index in [0.717, 1.165) is 30.6 Å². The molecule has 0 saturated heterocycles. The van der Waals surface area contributed by atoms with E-state index in [4.69, 9.17) is 9.47 Å². The number of rotatable bonds is 5. The van der Waals surface area contributed by atoms with Crippen molar-refractivity contribution in [1.29, 1.82) is 0 Å². The Kier molecular flexibility index (Phi) is 7.69. The fraction of sp³-hybridized carbons (Fsp3) is 0.409. The highest BCUT2D eigenvalue weighted by Crippen LogP contribution is 2.27. The van der Waals surface area contributed by atoms with Crippen LogP contribution in [0.5, 0.6) is 16.7 Å². The quantitative estimate of drug-likeness (QED) is 0.697. The van der Waals surface area contributed by atoms with Gasteiger partial charge in [-0.1, -0.05) is 42.4 Å². The van der Waals surface area contributed by atoms with Gasteiger partial charge in [-0.05, 0) is 44.0 Å². The zero-order valence-electron chi connectivity index (χ0n) is 17.1. The van der Waals surface area contributed by atoms with Crippen molar-refractivity contribution in [3.8, 4) is 28.5 Å². The molecule has 8 heteroatoms. The summed E-state index contributed by atoms with van der Waals surface area (Å²) < 4.78 is 11.1. The van der Waals surface area contributed by atoms with E-state index in [1.165, 1.54) is 24.7 Å². The van der Waals surface area contributed by atoms with Crippen LogP contribution in [0, 0.1) is 11.8 Å². The number of hydrogen-bond acceptors (Lipinski definition) is 6. The van der Waals surface area contributed by atoms with E-state index >= 15 is 0 Å². The van der Waals surface area contributed by atoms with Crippen LogP contribution in [0.3, 0.4) is 0 Å². The summed E-state index contributed by atoms with van der Waals surface area (Å²) in [6, 6.07) is 6.76. The Morgan fingerprint density at radius 1 is 1.17 bits per heavy atom. The predicted octanol–water partition coefficient (Wildman–Crippen LogP) is 4.23. The lowest BCUT2D eigenvalue weighted by molar-refractivity contribution is -0.119. The molecule has 1 heterocycles. The third-order valence-electron chi connectivity index (χ3n) is 4.48. The fourth-order valence-corrected chi connectivity index (χ4v) is 3.76. The van der Waals surface area contributed by atoms with Crippen LogP contribution in [-0.4, -0.2) is 29.1 Å². The Labute approximate surface area is 180 Å². The van der Waals surface area contributed by atoms with Crippen molar-refractivity contribution < 1.29 is 19.1 Å². The minimum absolute atomic E-state index is 0.121. The molecule has 0 spiro atoms. The number of thiazole rings is 1. The highest BCUT2D eigenvalue weighted by molar-refractivity contribution is 7.13. The molecule has 1 aromatic carbocycles. The number of aromatic nitrogens is 1. The number of hydrogen-bond donors (Lipinski definition) is 2. The molecule has 1 aliphatic rings. The number of carbonyl (C=O) groups excluding carboxylic acids is 2. The molecule has 0 radical (unpaired) electrons. The fourth-order valence-electron chi connectivity index (χ4n) is 3.11. The summed E-state index contributed by atoms with van der Waals surface area (Å²) in [5, 5.41) is 6.07. The standard InChI is InChI=1S/C22H25N3O4S/c1-15(24-16(2)26)8-13-20-14-23-22(30-20)29-19-11-9-18(10-12-19)28-21(27)25-17-6-4-3-5-7-17/h9-12,14-15,17H,3-7H2,1-2H3,(H,24,26)(H,25,27). The van der Waals surface area contributed by atoms with Gasteiger partial charge in [0.05, 0.1) is 12.2 Å². The van der Waals surface area contributed by atoms with Crippen LogP contribution in [0.25, 0.3) is 0 Å². The highest BCUT2D eigenvalue weighted by atomic mass is 32.1. The van der Waals surface area contributed by atoms with Crippen LogP contribution in [0.1, 0.15) is 50.8 Å². The largest absolute Gasteiger partial charge is 0.431 e. The van der Waals surface area contributed by atoms with Crippen LogP contribution in [0.2, 0.25) is 0 Å². The van der Waals surface area contributed by atoms with Gasteiger partial charge in [0, 0.05) is 13.0 Å². The second kappa shape index (κ2) is 10.6. The molecular formula is C22H25N3O4S. The molecule has 7 nitrogen and oxygen atoms in total. The van der Waals surface area contributed by atoms with Gasteiger partial charge in [0.1, 0.15) is 16.4 Å². The Morgan fingerprint density at radius 2 is 1.87 bits per heavy atom. The lowest BCUT2D eigenvalue weighted by Gasteiger charge is -2.22. The van der Waals surface area contributed by atoms with Gasteiger partial charge < -0.3 is 20.1 Å². The Morgan fingerprint density at radius 3 is 2.57 bits per heavy atom. The summed E-state index contributed by atoms with van der Waals surface area (Å²) in [6.07, 6.45) is 6.75. The van der Waals surface area contributed by atoms with E-state index in [1.807, 2.05) is 6.92 Å². The summed E-state index contributed by atoms with van der Waals surface area (Å²) in [5.41, 5.74) is 0. The highest BCUT2D eigenvalue weighted by Gasteiger charge is 2.16. The molecule has 2 amide bonds. The molecule has 1 aliphatic carbocycles. The topological polar surface area (TPSA) is 89.6 Å². The average Bonchev–Trinajstić information content (AvgIpc) is 3.15. The molecule has 0 bridgehead atoms. The molecule has 1 atom stereocenters. The van der Waals surface area contributed by atoms with Crippen molar-refractivity contribution in [2.75, 3.05) is 0 Å². The first-order valence-corrected chi connectivity index (χ1v) is 10.8. The molecule has 1 fully saturated rings. The summed E-state index contributed by atoms with van der Waals surface area (Å²) >= 11 is 1.31. The summed E-state index contributed by atoms with van der Waals surface area (Å²) in [4.78, 5) is 28.0. The van der Waals surface area contributed by atoms with E-state index in [9.17, 15) is 9.59 Å². The van der Waals surface area contributed by atoms with Crippen molar-refractivity contribution in [1.82, 2.24) is 15.6 Å². The maximum Gasteiger partial charge on any atom is 0.412 e. The van der Waals surface area contributed by atoms with E-state index in [0.29, 0.717) is 16.7 Å². The molecular weight excluding hydrogens is 402 g/mol. The third-order valence-corrected chi connectivity index (χ3v) is 5.27. The smallest absolute Gasteiger partial charge is 0.412 e. The first-order chi connectivity index (χ1) is 14.5. The van der Waals surface area contributed by atoms with Gasteiger partial charge in [0.2, 0.25) is 5.91 Å². The van der Waals surface area contributed by atoms with Gasteiger partial charge in [-0.15, -0.1) is 0 Å². The molecule has 0 aliphatic heterocycles. The van der Waals surface area contributed by atoms with Gasteiger partial charge in [-0.25, -0.2) is 9.78 Å². The first-order valence-electron chi connectivity index (χ1n) is 9.98. The molecule has 1 aromatic heterocycles. The minimum Gasteiger partial charge on any atom is -0.431 e. The maximum absolute atomic E-state index is 12.0. The van der Waals surface area contributed by atoms with Gasteiger partial charge in [-0.2, -0.15) is 0 Å². The van der Waals surface area contributed by atoms with Crippen molar-refractivity contribution in [3.63, 3.8) is 0 Å². The van der Waals surface area contributed by atoms with Crippen LogP contribution < -0.4 is 20.1 Å². The van der Waals surface area contributed by atoms with Gasteiger partial charge >= 0.3 is 6.09 Å². The van der Waals surface area contributed by atoms with Crippen molar-refractivity contribution in [2.45, 2.75) is 58.0 Å². The van der Waals surface area contributed by atoms with E-state index in [-0.39, 0.29) is 18.0 Å². The third kappa shape index (κ3) is 7.08. The molecule has 30 heavy (non-hydrogen) atoms. The number of nitrogens with zero attached hydrogens (tertiary/aromatic N) is 1. The maximum atomic E-state index is 12.0. The van der Waals surface area contributed by atoms with Gasteiger partial charge in [0.25, 0.3) is 5.19 Å². The molecule has 158 valence electrons. The number of amides is 2. The van der Waals surface area contributed by atoms with Gasteiger partial charge in [0.15, 0.2) is 0 Å². The normalized spacial score (nSPS) is 14.7. The zero-order chi connectivity index (χ0) is 21.3.